The maximum Gasteiger partial charge on any atom is 0.306 e. The Labute approximate surface area is 373 Å². The minimum atomic E-state index is -0.538. The highest BCUT2D eigenvalue weighted by atomic mass is 16.6. The standard InChI is InChI=1S/C55H100O5/c1-4-7-10-13-16-19-21-23-25-27-29-31-33-35-38-41-44-47-50-58-51-53(60-55(57)49-46-43-40-36-18-15-12-9-6-3)52-59-54(56)48-45-42-39-37-34-32-30-28-26-24-22-20-17-14-11-8-5-2/h16-17,19-20,23-26,53H,4-15,18,21-22,27-52H2,1-3H3/b19-16-,20-17-,25-23-,26-24-. The lowest BCUT2D eigenvalue weighted by atomic mass is 10.1. The Bertz CT molecular complexity index is 997. The average Bonchev–Trinajstić information content (AvgIpc) is 3.25. The number of hydrogen-bond donors (Lipinski definition) is 0. The van der Waals surface area contributed by atoms with Crippen molar-refractivity contribution < 1.29 is 23.8 Å². The van der Waals surface area contributed by atoms with Gasteiger partial charge in [-0.05, 0) is 83.5 Å². The van der Waals surface area contributed by atoms with Crippen molar-refractivity contribution in [2.75, 3.05) is 19.8 Å². The SMILES string of the molecule is CCCCC/C=C\C/C=C\CCCCCCCCCCOCC(COC(=O)CCCCCCCCC/C=C\C/C=C\CCCCC)OC(=O)CCCCCCCCCCC. The van der Waals surface area contributed by atoms with E-state index in [1.807, 2.05) is 0 Å². The van der Waals surface area contributed by atoms with Gasteiger partial charge in [0.15, 0.2) is 6.10 Å². The highest BCUT2D eigenvalue weighted by Crippen LogP contribution is 2.14. The second-order valence-electron chi connectivity index (χ2n) is 17.4. The van der Waals surface area contributed by atoms with Crippen LogP contribution in [-0.4, -0.2) is 37.9 Å². The van der Waals surface area contributed by atoms with Crippen molar-refractivity contribution in [3.8, 4) is 0 Å². The Kier molecular flexibility index (Phi) is 49.4. The molecule has 0 aliphatic heterocycles. The van der Waals surface area contributed by atoms with E-state index in [1.54, 1.807) is 0 Å². The van der Waals surface area contributed by atoms with Crippen molar-refractivity contribution in [2.24, 2.45) is 0 Å². The minimum Gasteiger partial charge on any atom is -0.462 e. The number of unbranched alkanes of at least 4 members (excludes halogenated alkanes) is 29. The molecule has 0 radical (unpaired) electrons. The Morgan fingerprint density at radius 2 is 0.700 bits per heavy atom. The van der Waals surface area contributed by atoms with Gasteiger partial charge in [-0.1, -0.05) is 217 Å². The third-order valence-electron chi connectivity index (χ3n) is 11.3. The van der Waals surface area contributed by atoms with Crippen LogP contribution in [0.5, 0.6) is 0 Å². The molecule has 0 amide bonds. The Morgan fingerprint density at radius 3 is 1.13 bits per heavy atom. The number of rotatable bonds is 48. The van der Waals surface area contributed by atoms with Gasteiger partial charge < -0.3 is 14.2 Å². The normalized spacial score (nSPS) is 12.5. The number of hydrogen-bond acceptors (Lipinski definition) is 5. The molecule has 0 rings (SSSR count). The summed E-state index contributed by atoms with van der Waals surface area (Å²) in [5, 5.41) is 0. The first-order valence-corrected chi connectivity index (χ1v) is 26.2. The van der Waals surface area contributed by atoms with E-state index in [4.69, 9.17) is 14.2 Å². The van der Waals surface area contributed by atoms with E-state index in [2.05, 4.69) is 69.4 Å². The van der Waals surface area contributed by atoms with Crippen LogP contribution < -0.4 is 0 Å². The molecular weight excluding hydrogens is 741 g/mol. The van der Waals surface area contributed by atoms with Gasteiger partial charge in [-0.2, -0.15) is 0 Å². The third-order valence-corrected chi connectivity index (χ3v) is 11.3. The molecule has 0 bridgehead atoms. The molecule has 0 fully saturated rings. The van der Waals surface area contributed by atoms with Crippen molar-refractivity contribution >= 4 is 11.9 Å². The molecule has 5 nitrogen and oxygen atoms in total. The maximum atomic E-state index is 12.7. The highest BCUT2D eigenvalue weighted by molar-refractivity contribution is 5.70. The fraction of sp³-hybridized carbons (Fsp3) is 0.818. The molecule has 350 valence electrons. The van der Waals surface area contributed by atoms with Crippen LogP contribution in [0.2, 0.25) is 0 Å². The van der Waals surface area contributed by atoms with Crippen LogP contribution in [0.3, 0.4) is 0 Å². The van der Waals surface area contributed by atoms with E-state index in [-0.39, 0.29) is 25.2 Å². The number of carbonyl (C=O) groups excluding carboxylic acids is 2. The summed E-state index contributed by atoms with van der Waals surface area (Å²) in [6.45, 7) is 7.77. The minimum absolute atomic E-state index is 0.0813. The van der Waals surface area contributed by atoms with E-state index in [0.717, 1.165) is 57.8 Å². The predicted molar refractivity (Wildman–Crippen MR) is 261 cm³/mol. The van der Waals surface area contributed by atoms with Crippen LogP contribution >= 0.6 is 0 Å². The Morgan fingerprint density at radius 1 is 0.367 bits per heavy atom. The van der Waals surface area contributed by atoms with Crippen LogP contribution in [0.15, 0.2) is 48.6 Å². The lowest BCUT2D eigenvalue weighted by Gasteiger charge is -2.18. The smallest absolute Gasteiger partial charge is 0.306 e. The van der Waals surface area contributed by atoms with Gasteiger partial charge in [0.2, 0.25) is 0 Å². The van der Waals surface area contributed by atoms with Gasteiger partial charge in [0, 0.05) is 19.4 Å². The van der Waals surface area contributed by atoms with Crippen LogP contribution in [0.25, 0.3) is 0 Å². The summed E-state index contributed by atoms with van der Waals surface area (Å²) >= 11 is 0. The predicted octanol–water partition coefficient (Wildman–Crippen LogP) is 17.6. The molecule has 0 N–H and O–H groups in total. The van der Waals surface area contributed by atoms with Gasteiger partial charge in [0.1, 0.15) is 6.61 Å². The molecule has 0 aliphatic rings. The van der Waals surface area contributed by atoms with Crippen LogP contribution in [0.1, 0.15) is 265 Å². The second-order valence-corrected chi connectivity index (χ2v) is 17.4. The van der Waals surface area contributed by atoms with Gasteiger partial charge in [-0.25, -0.2) is 0 Å². The monoisotopic (exact) mass is 841 g/mol. The molecule has 0 saturated heterocycles. The quantitative estimate of drug-likeness (QED) is 0.0347. The van der Waals surface area contributed by atoms with E-state index >= 15 is 0 Å². The third kappa shape index (κ3) is 48.5. The first-order chi connectivity index (χ1) is 29.6. The van der Waals surface area contributed by atoms with Gasteiger partial charge in [0.05, 0.1) is 6.61 Å². The number of allylic oxidation sites excluding steroid dienone is 8. The summed E-state index contributed by atoms with van der Waals surface area (Å²) in [5.41, 5.74) is 0. The summed E-state index contributed by atoms with van der Waals surface area (Å²) < 4.78 is 17.4. The van der Waals surface area contributed by atoms with Gasteiger partial charge in [-0.3, -0.25) is 9.59 Å². The van der Waals surface area contributed by atoms with E-state index in [0.29, 0.717) is 19.4 Å². The maximum absolute atomic E-state index is 12.7. The zero-order chi connectivity index (χ0) is 43.5. The molecule has 1 atom stereocenters. The van der Waals surface area contributed by atoms with Crippen molar-refractivity contribution in [3.63, 3.8) is 0 Å². The van der Waals surface area contributed by atoms with E-state index in [9.17, 15) is 9.59 Å². The highest BCUT2D eigenvalue weighted by Gasteiger charge is 2.17. The van der Waals surface area contributed by atoms with Gasteiger partial charge in [-0.15, -0.1) is 0 Å². The number of ether oxygens (including phenoxy) is 3. The van der Waals surface area contributed by atoms with E-state index in [1.165, 1.54) is 173 Å². The first kappa shape index (κ1) is 57.9. The largest absolute Gasteiger partial charge is 0.462 e. The lowest BCUT2D eigenvalue weighted by molar-refractivity contribution is -0.163. The molecule has 0 heterocycles. The molecule has 0 aromatic rings. The van der Waals surface area contributed by atoms with Gasteiger partial charge in [0.25, 0.3) is 0 Å². The van der Waals surface area contributed by atoms with Crippen LogP contribution in [0, 0.1) is 0 Å². The number of esters is 2. The average molecular weight is 841 g/mol. The van der Waals surface area contributed by atoms with Crippen molar-refractivity contribution in [1.29, 1.82) is 0 Å². The zero-order valence-electron chi connectivity index (χ0n) is 40.2. The fourth-order valence-electron chi connectivity index (χ4n) is 7.39. The van der Waals surface area contributed by atoms with Crippen molar-refractivity contribution in [1.82, 2.24) is 0 Å². The fourth-order valence-corrected chi connectivity index (χ4v) is 7.39. The molecular formula is C55H100O5. The molecule has 0 aliphatic carbocycles. The van der Waals surface area contributed by atoms with E-state index < -0.39 is 6.10 Å². The molecule has 0 aromatic carbocycles. The van der Waals surface area contributed by atoms with Crippen molar-refractivity contribution in [3.05, 3.63) is 48.6 Å². The zero-order valence-corrected chi connectivity index (χ0v) is 40.2. The number of carbonyl (C=O) groups is 2. The Balaban J connectivity index is 4.18. The molecule has 0 spiro atoms. The summed E-state index contributed by atoms with van der Waals surface area (Å²) in [6, 6.07) is 0. The molecule has 5 heteroatoms. The molecule has 1 unspecified atom stereocenters. The second kappa shape index (κ2) is 51.2. The summed E-state index contributed by atoms with van der Waals surface area (Å²) in [5.74, 6) is -0.403. The topological polar surface area (TPSA) is 61.8 Å². The van der Waals surface area contributed by atoms with Crippen LogP contribution in [-0.2, 0) is 23.8 Å². The summed E-state index contributed by atoms with van der Waals surface area (Å²) in [4.78, 5) is 25.3. The Hall–Kier alpha value is -2.14. The summed E-state index contributed by atoms with van der Waals surface area (Å²) in [6.07, 6.45) is 62.6. The molecule has 0 saturated carbocycles. The lowest BCUT2D eigenvalue weighted by Crippen LogP contribution is -2.30. The van der Waals surface area contributed by atoms with Crippen LogP contribution in [0.4, 0.5) is 0 Å². The van der Waals surface area contributed by atoms with Crippen molar-refractivity contribution in [2.45, 2.75) is 271 Å². The first-order valence-electron chi connectivity index (χ1n) is 26.2. The summed E-state index contributed by atoms with van der Waals surface area (Å²) in [7, 11) is 0. The van der Waals surface area contributed by atoms with Gasteiger partial charge >= 0.3 is 11.9 Å². The molecule has 60 heavy (non-hydrogen) atoms. The molecule has 0 aromatic heterocycles.